The second-order valence-electron chi connectivity index (χ2n) is 5.53. The van der Waals surface area contributed by atoms with Crippen molar-refractivity contribution in [3.8, 4) is 0 Å². The molecule has 0 bridgehead atoms. The zero-order valence-electron chi connectivity index (χ0n) is 12.9. The number of hydrogen-bond acceptors (Lipinski definition) is 3. The number of aryl methyl sites for hydroxylation is 1. The number of nitrogens with zero attached hydrogens (tertiary/aromatic N) is 2. The van der Waals surface area contributed by atoms with Crippen molar-refractivity contribution in [3.63, 3.8) is 0 Å². The van der Waals surface area contributed by atoms with Gasteiger partial charge in [0.05, 0.1) is 0 Å². The van der Waals surface area contributed by atoms with Crippen LogP contribution in [0.25, 0.3) is 0 Å². The first-order valence-corrected chi connectivity index (χ1v) is 8.38. The highest BCUT2D eigenvalue weighted by atomic mass is 79.9. The molecule has 5 heteroatoms. The lowest BCUT2D eigenvalue weighted by Gasteiger charge is -2.33. The van der Waals surface area contributed by atoms with Crippen LogP contribution in [0.15, 0.2) is 22.7 Å². The molecule has 0 radical (unpaired) electrons. The monoisotopic (exact) mass is 353 g/mol. The molecule has 1 aliphatic rings. The number of carbonyl (C=O) groups is 1. The van der Waals surface area contributed by atoms with E-state index in [0.717, 1.165) is 55.0 Å². The van der Waals surface area contributed by atoms with Crippen LogP contribution in [-0.2, 0) is 4.79 Å². The summed E-state index contributed by atoms with van der Waals surface area (Å²) in [6, 6.07) is 5.91. The van der Waals surface area contributed by atoms with E-state index in [1.165, 1.54) is 0 Å². The van der Waals surface area contributed by atoms with Crippen molar-refractivity contribution >= 4 is 27.5 Å². The van der Waals surface area contributed by atoms with Crippen molar-refractivity contribution in [1.82, 2.24) is 9.80 Å². The lowest BCUT2D eigenvalue weighted by molar-refractivity contribution is -0.116. The van der Waals surface area contributed by atoms with Crippen LogP contribution in [0.3, 0.4) is 0 Å². The molecule has 116 valence electrons. The first-order valence-electron chi connectivity index (χ1n) is 7.59. The van der Waals surface area contributed by atoms with E-state index >= 15 is 0 Å². The quantitative estimate of drug-likeness (QED) is 0.883. The summed E-state index contributed by atoms with van der Waals surface area (Å²) in [4.78, 5) is 16.9. The number of rotatable bonds is 5. The third-order valence-electron chi connectivity index (χ3n) is 4.03. The van der Waals surface area contributed by atoms with Crippen LogP contribution in [0.1, 0.15) is 18.9 Å². The van der Waals surface area contributed by atoms with E-state index in [9.17, 15) is 4.79 Å². The van der Waals surface area contributed by atoms with Gasteiger partial charge < -0.3 is 15.1 Å². The lowest BCUT2D eigenvalue weighted by Crippen LogP contribution is -2.46. The highest BCUT2D eigenvalue weighted by Gasteiger charge is 2.16. The van der Waals surface area contributed by atoms with E-state index < -0.39 is 0 Å². The largest absolute Gasteiger partial charge is 0.326 e. The summed E-state index contributed by atoms with van der Waals surface area (Å²) in [5.41, 5.74) is 1.98. The number of nitrogens with one attached hydrogen (secondary N) is 1. The highest BCUT2D eigenvalue weighted by molar-refractivity contribution is 9.10. The molecule has 1 heterocycles. The van der Waals surface area contributed by atoms with E-state index in [2.05, 4.69) is 38.0 Å². The van der Waals surface area contributed by atoms with Gasteiger partial charge in [0.2, 0.25) is 5.91 Å². The normalized spacial score (nSPS) is 16.9. The molecule has 0 spiro atoms. The topological polar surface area (TPSA) is 35.6 Å². The molecule has 0 saturated carbocycles. The van der Waals surface area contributed by atoms with Gasteiger partial charge >= 0.3 is 0 Å². The summed E-state index contributed by atoms with van der Waals surface area (Å²) in [5.74, 6) is 0.0957. The maximum Gasteiger partial charge on any atom is 0.225 e. The van der Waals surface area contributed by atoms with Crippen LogP contribution < -0.4 is 5.32 Å². The average Bonchev–Trinajstić information content (AvgIpc) is 2.48. The number of benzene rings is 1. The van der Waals surface area contributed by atoms with Gasteiger partial charge in [0.1, 0.15) is 0 Å². The molecule has 2 rings (SSSR count). The van der Waals surface area contributed by atoms with Gasteiger partial charge in [-0.1, -0.05) is 22.9 Å². The van der Waals surface area contributed by atoms with Crippen LogP contribution in [0.5, 0.6) is 0 Å². The molecule has 0 aromatic heterocycles. The summed E-state index contributed by atoms with van der Waals surface area (Å²) >= 11 is 3.43. The minimum absolute atomic E-state index is 0.0957. The number of carbonyl (C=O) groups excluding carboxylic acids is 1. The van der Waals surface area contributed by atoms with Gasteiger partial charge in [0.15, 0.2) is 0 Å². The second kappa shape index (κ2) is 7.92. The molecule has 4 nitrogen and oxygen atoms in total. The van der Waals surface area contributed by atoms with E-state index in [0.29, 0.717) is 6.42 Å². The van der Waals surface area contributed by atoms with Gasteiger partial charge in [-0.15, -0.1) is 0 Å². The van der Waals surface area contributed by atoms with Gasteiger partial charge in [0.25, 0.3) is 0 Å². The number of piperazine rings is 1. The van der Waals surface area contributed by atoms with Crippen molar-refractivity contribution in [3.05, 3.63) is 28.2 Å². The third-order valence-corrected chi connectivity index (χ3v) is 4.52. The fourth-order valence-electron chi connectivity index (χ4n) is 2.57. The molecule has 0 unspecified atom stereocenters. The van der Waals surface area contributed by atoms with Crippen molar-refractivity contribution in [2.24, 2.45) is 0 Å². The number of hydrogen-bond donors (Lipinski definition) is 1. The second-order valence-corrected chi connectivity index (χ2v) is 6.45. The van der Waals surface area contributed by atoms with Crippen LogP contribution in [0.2, 0.25) is 0 Å². The summed E-state index contributed by atoms with van der Waals surface area (Å²) in [6.07, 6.45) is 0.557. The van der Waals surface area contributed by atoms with Gasteiger partial charge in [0, 0.05) is 49.3 Å². The Morgan fingerprint density at radius 2 is 1.90 bits per heavy atom. The molecule has 1 aliphatic heterocycles. The molecule has 21 heavy (non-hydrogen) atoms. The fourth-order valence-corrected chi connectivity index (χ4v) is 3.04. The predicted octanol–water partition coefficient (Wildman–Crippen LogP) is 2.72. The standard InChI is InChI=1S/C16H24BrN3O/c1-3-19-8-10-20(11-9-19)7-6-16(21)18-15-5-4-14(17)12-13(15)2/h4-5,12H,3,6-11H2,1-2H3,(H,18,21). The van der Waals surface area contributed by atoms with E-state index in [1.54, 1.807) is 0 Å². The molecule has 0 aliphatic carbocycles. The maximum absolute atomic E-state index is 12.1. The number of likely N-dealkylation sites (N-methyl/N-ethyl adjacent to an activating group) is 1. The number of anilines is 1. The Labute approximate surface area is 135 Å². The summed E-state index contributed by atoms with van der Waals surface area (Å²) in [7, 11) is 0. The maximum atomic E-state index is 12.1. The van der Waals surface area contributed by atoms with Gasteiger partial charge in [-0.25, -0.2) is 0 Å². The van der Waals surface area contributed by atoms with Gasteiger partial charge in [-0.2, -0.15) is 0 Å². The molecule has 1 saturated heterocycles. The van der Waals surface area contributed by atoms with Crippen LogP contribution in [0.4, 0.5) is 5.69 Å². The predicted molar refractivity (Wildman–Crippen MR) is 90.7 cm³/mol. The fraction of sp³-hybridized carbons (Fsp3) is 0.562. The zero-order chi connectivity index (χ0) is 15.2. The van der Waals surface area contributed by atoms with Crippen molar-refractivity contribution in [2.75, 3.05) is 44.6 Å². The third kappa shape index (κ3) is 5.09. The highest BCUT2D eigenvalue weighted by Crippen LogP contribution is 2.20. The Bertz CT molecular complexity index is 484. The smallest absolute Gasteiger partial charge is 0.225 e. The van der Waals surface area contributed by atoms with Gasteiger partial charge in [-0.3, -0.25) is 4.79 Å². The lowest BCUT2D eigenvalue weighted by atomic mass is 10.2. The molecule has 1 aromatic carbocycles. The molecular formula is C16H24BrN3O. The SMILES string of the molecule is CCN1CCN(CCC(=O)Nc2ccc(Br)cc2C)CC1. The molecule has 1 amide bonds. The van der Waals surface area contributed by atoms with Gasteiger partial charge in [-0.05, 0) is 37.2 Å². The summed E-state index contributed by atoms with van der Waals surface area (Å²) in [6.45, 7) is 10.5. The van der Waals surface area contributed by atoms with Crippen molar-refractivity contribution in [2.45, 2.75) is 20.3 Å². The minimum Gasteiger partial charge on any atom is -0.326 e. The van der Waals surface area contributed by atoms with E-state index in [-0.39, 0.29) is 5.91 Å². The van der Waals surface area contributed by atoms with Crippen molar-refractivity contribution in [1.29, 1.82) is 0 Å². The molecular weight excluding hydrogens is 330 g/mol. The van der Waals surface area contributed by atoms with Crippen molar-refractivity contribution < 1.29 is 4.79 Å². The van der Waals surface area contributed by atoms with Crippen LogP contribution in [0, 0.1) is 6.92 Å². The zero-order valence-corrected chi connectivity index (χ0v) is 14.4. The first-order chi connectivity index (χ1) is 10.1. The molecule has 1 fully saturated rings. The number of amides is 1. The van der Waals surface area contributed by atoms with E-state index in [4.69, 9.17) is 0 Å². The molecule has 1 aromatic rings. The van der Waals surface area contributed by atoms with Crippen LogP contribution in [-0.4, -0.2) is 55.0 Å². The molecule has 1 N–H and O–H groups in total. The summed E-state index contributed by atoms with van der Waals surface area (Å²) in [5, 5.41) is 3.00. The number of halogens is 1. The Hall–Kier alpha value is -0.910. The molecule has 0 atom stereocenters. The average molecular weight is 354 g/mol. The Morgan fingerprint density at radius 1 is 1.24 bits per heavy atom. The summed E-state index contributed by atoms with van der Waals surface area (Å²) < 4.78 is 1.03. The Kier molecular flexibility index (Phi) is 6.21. The van der Waals surface area contributed by atoms with E-state index in [1.807, 2.05) is 25.1 Å². The Morgan fingerprint density at radius 3 is 2.52 bits per heavy atom. The Balaban J connectivity index is 1.75. The van der Waals surface area contributed by atoms with Crippen LogP contribution >= 0.6 is 15.9 Å². The first kappa shape index (κ1) is 16.5. The minimum atomic E-state index is 0.0957.